The minimum Gasteiger partial charge on any atom is -0.398 e. The number of hydrogen-bond donors (Lipinski definition) is 1. The molecule has 1 heterocycles. The first-order chi connectivity index (χ1) is 9.62. The van der Waals surface area contributed by atoms with Crippen LogP contribution in [0, 0.1) is 11.3 Å². The summed E-state index contributed by atoms with van der Waals surface area (Å²) in [5, 5.41) is 0. The minimum absolute atomic E-state index is 0.208. The van der Waals surface area contributed by atoms with Crippen molar-refractivity contribution in [2.24, 2.45) is 11.3 Å². The van der Waals surface area contributed by atoms with E-state index in [0.717, 1.165) is 17.3 Å². The molecular weight excluding hydrogens is 352 g/mol. The number of rotatable bonds is 2. The molecular formula is C15H23BrN2O2S. The van der Waals surface area contributed by atoms with E-state index in [1.54, 1.807) is 22.5 Å². The Labute approximate surface area is 135 Å². The first-order valence-corrected chi connectivity index (χ1v) is 9.41. The van der Waals surface area contributed by atoms with Gasteiger partial charge in [0, 0.05) is 17.6 Å². The monoisotopic (exact) mass is 374 g/mol. The van der Waals surface area contributed by atoms with Crippen molar-refractivity contribution < 1.29 is 8.42 Å². The summed E-state index contributed by atoms with van der Waals surface area (Å²) >= 11 is 3.30. The number of hydrogen-bond acceptors (Lipinski definition) is 3. The average molecular weight is 375 g/mol. The Morgan fingerprint density at radius 1 is 1.24 bits per heavy atom. The molecule has 2 N–H and O–H groups in total. The van der Waals surface area contributed by atoms with Gasteiger partial charge in [0.2, 0.25) is 10.0 Å². The van der Waals surface area contributed by atoms with Crippen LogP contribution in [0.1, 0.15) is 33.6 Å². The summed E-state index contributed by atoms with van der Waals surface area (Å²) in [5.41, 5.74) is 6.40. The van der Waals surface area contributed by atoms with Crippen LogP contribution in [0.2, 0.25) is 0 Å². The predicted molar refractivity (Wildman–Crippen MR) is 89.5 cm³/mol. The number of nitrogen functional groups attached to an aromatic ring is 1. The topological polar surface area (TPSA) is 63.4 Å². The zero-order valence-corrected chi connectivity index (χ0v) is 15.2. The van der Waals surface area contributed by atoms with Gasteiger partial charge in [-0.3, -0.25) is 0 Å². The normalized spacial score (nSPS) is 18.9. The molecule has 0 bridgehead atoms. The van der Waals surface area contributed by atoms with Gasteiger partial charge < -0.3 is 5.73 Å². The summed E-state index contributed by atoms with van der Waals surface area (Å²) in [6.45, 7) is 7.79. The Balaban J connectivity index is 2.19. The van der Waals surface area contributed by atoms with E-state index >= 15 is 0 Å². The van der Waals surface area contributed by atoms with E-state index in [1.165, 1.54) is 0 Å². The number of nitrogens with two attached hydrogens (primary N) is 1. The minimum atomic E-state index is -3.49. The molecule has 0 aromatic heterocycles. The fraction of sp³-hybridized carbons (Fsp3) is 0.600. The molecule has 21 heavy (non-hydrogen) atoms. The molecule has 1 aromatic rings. The summed E-state index contributed by atoms with van der Waals surface area (Å²) in [5.74, 6) is 0.561. The van der Waals surface area contributed by atoms with Crippen LogP contribution in [0.3, 0.4) is 0 Å². The molecule has 0 atom stereocenters. The number of nitrogens with zero attached hydrogens (tertiary/aromatic N) is 1. The Bertz CT molecular complexity index is 615. The SMILES string of the molecule is CC(C)(C)C1CCN(S(=O)(=O)c2ccc(Br)cc2N)CC1. The van der Waals surface area contributed by atoms with Crippen LogP contribution < -0.4 is 5.73 Å². The van der Waals surface area contributed by atoms with Gasteiger partial charge in [-0.15, -0.1) is 0 Å². The van der Waals surface area contributed by atoms with Crippen LogP contribution in [0.5, 0.6) is 0 Å². The lowest BCUT2D eigenvalue weighted by Crippen LogP contribution is -2.41. The quantitative estimate of drug-likeness (QED) is 0.805. The summed E-state index contributed by atoms with van der Waals surface area (Å²) in [6.07, 6.45) is 1.80. The molecule has 1 fully saturated rings. The Hall–Kier alpha value is -0.590. The molecule has 118 valence electrons. The van der Waals surface area contributed by atoms with Gasteiger partial charge in [0.1, 0.15) is 4.90 Å². The smallest absolute Gasteiger partial charge is 0.245 e. The summed E-state index contributed by atoms with van der Waals surface area (Å²) in [6, 6.07) is 4.92. The third-order valence-electron chi connectivity index (χ3n) is 4.27. The van der Waals surface area contributed by atoms with Gasteiger partial charge in [-0.2, -0.15) is 4.31 Å². The van der Waals surface area contributed by atoms with Gasteiger partial charge >= 0.3 is 0 Å². The van der Waals surface area contributed by atoms with Gasteiger partial charge in [-0.1, -0.05) is 36.7 Å². The number of halogens is 1. The van der Waals surface area contributed by atoms with Crippen molar-refractivity contribution in [3.63, 3.8) is 0 Å². The highest BCUT2D eigenvalue weighted by molar-refractivity contribution is 9.10. The molecule has 4 nitrogen and oxygen atoms in total. The Morgan fingerprint density at radius 2 is 1.81 bits per heavy atom. The standard InChI is InChI=1S/C15H23BrN2O2S/c1-15(2,3)11-6-8-18(9-7-11)21(19,20)14-5-4-12(16)10-13(14)17/h4-5,10-11H,6-9,17H2,1-3H3. The molecule has 1 aliphatic rings. The van der Waals surface area contributed by atoms with E-state index in [2.05, 4.69) is 36.7 Å². The first kappa shape index (κ1) is 16.8. The molecule has 0 unspecified atom stereocenters. The second-order valence-corrected chi connectivity index (χ2v) is 9.55. The van der Waals surface area contributed by atoms with Crippen molar-refractivity contribution in [2.75, 3.05) is 18.8 Å². The lowest BCUT2D eigenvalue weighted by Gasteiger charge is -2.38. The van der Waals surface area contributed by atoms with Crippen molar-refractivity contribution in [2.45, 2.75) is 38.5 Å². The molecule has 1 aliphatic heterocycles. The summed E-state index contributed by atoms with van der Waals surface area (Å²) < 4.78 is 27.8. The van der Waals surface area contributed by atoms with Crippen LogP contribution >= 0.6 is 15.9 Å². The molecule has 0 amide bonds. The van der Waals surface area contributed by atoms with Crippen LogP contribution in [0.25, 0.3) is 0 Å². The third-order valence-corrected chi connectivity index (χ3v) is 6.73. The maximum absolute atomic E-state index is 12.7. The van der Waals surface area contributed by atoms with Crippen LogP contribution in [-0.4, -0.2) is 25.8 Å². The maximum Gasteiger partial charge on any atom is 0.245 e. The molecule has 1 saturated heterocycles. The molecule has 0 spiro atoms. The molecule has 2 rings (SSSR count). The van der Waals surface area contributed by atoms with Gasteiger partial charge in [0.25, 0.3) is 0 Å². The van der Waals surface area contributed by atoms with E-state index in [9.17, 15) is 8.42 Å². The van der Waals surface area contributed by atoms with Gasteiger partial charge in [-0.25, -0.2) is 8.42 Å². The molecule has 1 aromatic carbocycles. The molecule has 0 radical (unpaired) electrons. The molecule has 0 saturated carbocycles. The average Bonchev–Trinajstić information content (AvgIpc) is 2.37. The zero-order valence-electron chi connectivity index (χ0n) is 12.8. The maximum atomic E-state index is 12.7. The number of benzene rings is 1. The van der Waals surface area contributed by atoms with Crippen molar-refractivity contribution >= 4 is 31.6 Å². The van der Waals surface area contributed by atoms with Gasteiger partial charge in [-0.05, 0) is 42.4 Å². The van der Waals surface area contributed by atoms with E-state index in [4.69, 9.17) is 5.73 Å². The zero-order chi connectivity index (χ0) is 15.8. The van der Waals surface area contributed by atoms with Gasteiger partial charge in [0.05, 0.1) is 5.69 Å². The fourth-order valence-electron chi connectivity index (χ4n) is 2.86. The first-order valence-electron chi connectivity index (χ1n) is 7.17. The summed E-state index contributed by atoms with van der Waals surface area (Å²) in [7, 11) is -3.49. The van der Waals surface area contributed by atoms with Crippen molar-refractivity contribution in [3.05, 3.63) is 22.7 Å². The van der Waals surface area contributed by atoms with Crippen LogP contribution in [-0.2, 0) is 10.0 Å². The number of anilines is 1. The van der Waals surface area contributed by atoms with Crippen LogP contribution in [0.4, 0.5) is 5.69 Å². The van der Waals surface area contributed by atoms with Crippen molar-refractivity contribution in [3.8, 4) is 0 Å². The Kier molecular flexibility index (Phi) is 4.71. The molecule has 0 aliphatic carbocycles. The van der Waals surface area contributed by atoms with Gasteiger partial charge in [0.15, 0.2) is 0 Å². The lowest BCUT2D eigenvalue weighted by atomic mass is 9.76. The molecule has 6 heteroatoms. The van der Waals surface area contributed by atoms with E-state index < -0.39 is 10.0 Å². The highest BCUT2D eigenvalue weighted by Gasteiger charge is 2.34. The predicted octanol–water partition coefficient (Wildman–Crippen LogP) is 3.48. The lowest BCUT2D eigenvalue weighted by molar-refractivity contribution is 0.154. The van der Waals surface area contributed by atoms with E-state index in [-0.39, 0.29) is 10.3 Å². The third kappa shape index (κ3) is 3.60. The Morgan fingerprint density at radius 3 is 2.29 bits per heavy atom. The van der Waals surface area contributed by atoms with Crippen molar-refractivity contribution in [1.29, 1.82) is 0 Å². The fourth-order valence-corrected chi connectivity index (χ4v) is 4.80. The number of sulfonamides is 1. The van der Waals surface area contributed by atoms with Crippen molar-refractivity contribution in [1.82, 2.24) is 4.31 Å². The summed E-state index contributed by atoms with van der Waals surface area (Å²) in [4.78, 5) is 0.208. The van der Waals surface area contributed by atoms with E-state index in [1.807, 2.05) is 0 Å². The van der Waals surface area contributed by atoms with Crippen LogP contribution in [0.15, 0.2) is 27.6 Å². The highest BCUT2D eigenvalue weighted by Crippen LogP contribution is 2.36. The second kappa shape index (κ2) is 5.89. The number of piperidine rings is 1. The largest absolute Gasteiger partial charge is 0.398 e. The second-order valence-electron chi connectivity index (χ2n) is 6.73. The van der Waals surface area contributed by atoms with E-state index in [0.29, 0.717) is 24.7 Å². The highest BCUT2D eigenvalue weighted by atomic mass is 79.9.